The fourth-order valence-corrected chi connectivity index (χ4v) is 4.42. The molecule has 28 heavy (non-hydrogen) atoms. The number of nitrogens with zero attached hydrogens (tertiary/aromatic N) is 1. The fraction of sp³-hybridized carbons (Fsp3) is 0.316. The Bertz CT molecular complexity index is 877. The molecule has 0 saturated carbocycles. The number of benzene rings is 1. The summed E-state index contributed by atoms with van der Waals surface area (Å²) in [5.74, 6) is -0.617. The zero-order valence-corrected chi connectivity index (χ0v) is 19.9. The van der Waals surface area contributed by atoms with Crippen LogP contribution in [0.25, 0.3) is 0 Å². The summed E-state index contributed by atoms with van der Waals surface area (Å²) in [6.45, 7) is 6.78. The van der Waals surface area contributed by atoms with Gasteiger partial charge in [0, 0.05) is 22.3 Å². The van der Waals surface area contributed by atoms with Gasteiger partial charge in [0.15, 0.2) is 5.11 Å². The SMILES string of the molecule is CCN(CC)C(=O)c1sc(NC(=S)Nc2ccc(I)cc2)c(C(=O)OC)c1C. The summed E-state index contributed by atoms with van der Waals surface area (Å²) in [6.07, 6.45) is 0. The Morgan fingerprint density at radius 3 is 2.32 bits per heavy atom. The molecule has 0 atom stereocenters. The van der Waals surface area contributed by atoms with E-state index in [4.69, 9.17) is 17.0 Å². The lowest BCUT2D eigenvalue weighted by molar-refractivity contribution is 0.0601. The molecule has 0 bridgehead atoms. The first kappa shape index (κ1) is 22.6. The first-order valence-corrected chi connectivity index (χ1v) is 11.0. The Hall–Kier alpha value is -1.72. The average molecular weight is 531 g/mol. The van der Waals surface area contributed by atoms with Crippen molar-refractivity contribution in [3.8, 4) is 0 Å². The van der Waals surface area contributed by atoms with Crippen molar-refractivity contribution in [1.29, 1.82) is 0 Å². The van der Waals surface area contributed by atoms with Crippen LogP contribution in [-0.4, -0.2) is 42.1 Å². The zero-order chi connectivity index (χ0) is 20.8. The number of esters is 1. The van der Waals surface area contributed by atoms with E-state index in [0.717, 1.165) is 9.26 Å². The molecule has 6 nitrogen and oxygen atoms in total. The van der Waals surface area contributed by atoms with Crippen LogP contribution in [-0.2, 0) is 4.74 Å². The quantitative estimate of drug-likeness (QED) is 0.319. The number of hydrogen-bond donors (Lipinski definition) is 2. The molecule has 1 aromatic heterocycles. The third-order valence-electron chi connectivity index (χ3n) is 4.11. The number of carbonyl (C=O) groups is 2. The van der Waals surface area contributed by atoms with Gasteiger partial charge in [0.2, 0.25) is 0 Å². The standard InChI is InChI=1S/C19H22IN3O3S2/c1-5-23(6-2)17(24)15-11(3)14(18(25)26-4)16(28-15)22-19(27)21-13-9-7-12(20)8-10-13/h7-10H,5-6H2,1-4H3,(H2,21,22,27). The van der Waals surface area contributed by atoms with E-state index in [9.17, 15) is 9.59 Å². The normalized spacial score (nSPS) is 10.3. The van der Waals surface area contributed by atoms with Gasteiger partial charge in [-0.2, -0.15) is 0 Å². The summed E-state index contributed by atoms with van der Waals surface area (Å²) in [7, 11) is 1.32. The van der Waals surface area contributed by atoms with Gasteiger partial charge in [0.1, 0.15) is 5.00 Å². The van der Waals surface area contributed by atoms with E-state index in [0.29, 0.717) is 39.2 Å². The maximum Gasteiger partial charge on any atom is 0.341 e. The Balaban J connectivity index is 2.32. The number of amides is 1. The highest BCUT2D eigenvalue weighted by Crippen LogP contribution is 2.34. The lowest BCUT2D eigenvalue weighted by Gasteiger charge is -2.17. The van der Waals surface area contributed by atoms with Crippen molar-refractivity contribution >= 4 is 73.8 Å². The molecule has 0 aliphatic heterocycles. The van der Waals surface area contributed by atoms with Gasteiger partial charge in [-0.1, -0.05) is 0 Å². The molecule has 0 spiro atoms. The topological polar surface area (TPSA) is 70.7 Å². The van der Waals surface area contributed by atoms with Crippen molar-refractivity contribution in [3.05, 3.63) is 43.8 Å². The van der Waals surface area contributed by atoms with Gasteiger partial charge in [-0.05, 0) is 85.4 Å². The van der Waals surface area contributed by atoms with Crippen molar-refractivity contribution in [2.45, 2.75) is 20.8 Å². The Morgan fingerprint density at radius 2 is 1.79 bits per heavy atom. The highest BCUT2D eigenvalue weighted by atomic mass is 127. The van der Waals surface area contributed by atoms with Gasteiger partial charge in [-0.25, -0.2) is 4.79 Å². The monoisotopic (exact) mass is 531 g/mol. The number of methoxy groups -OCH3 is 1. The van der Waals surface area contributed by atoms with Gasteiger partial charge in [0.05, 0.1) is 17.6 Å². The van der Waals surface area contributed by atoms with E-state index < -0.39 is 5.97 Å². The molecule has 0 fully saturated rings. The minimum Gasteiger partial charge on any atom is -0.465 e. The van der Waals surface area contributed by atoms with Crippen LogP contribution in [0.3, 0.4) is 0 Å². The molecule has 0 radical (unpaired) electrons. The first-order valence-electron chi connectivity index (χ1n) is 8.66. The minimum absolute atomic E-state index is 0.109. The number of thiophene rings is 1. The van der Waals surface area contributed by atoms with E-state index in [2.05, 4.69) is 33.2 Å². The molecule has 2 rings (SSSR count). The second kappa shape index (κ2) is 10.2. The molecule has 1 amide bonds. The van der Waals surface area contributed by atoms with Crippen LogP contribution in [0.5, 0.6) is 0 Å². The van der Waals surface area contributed by atoms with Crippen LogP contribution in [0.15, 0.2) is 24.3 Å². The molecule has 2 N–H and O–H groups in total. The number of anilines is 2. The lowest BCUT2D eigenvalue weighted by atomic mass is 10.1. The number of halogens is 1. The van der Waals surface area contributed by atoms with E-state index in [1.54, 1.807) is 11.8 Å². The molecule has 0 aliphatic carbocycles. The largest absolute Gasteiger partial charge is 0.465 e. The van der Waals surface area contributed by atoms with Crippen LogP contribution in [0.1, 0.15) is 39.4 Å². The van der Waals surface area contributed by atoms with E-state index in [-0.39, 0.29) is 5.91 Å². The molecule has 2 aromatic rings. The Morgan fingerprint density at radius 1 is 1.18 bits per heavy atom. The number of carbonyl (C=O) groups excluding carboxylic acids is 2. The predicted octanol–water partition coefficient (Wildman–Crippen LogP) is 4.74. The minimum atomic E-state index is -0.507. The zero-order valence-electron chi connectivity index (χ0n) is 16.1. The second-order valence-electron chi connectivity index (χ2n) is 5.82. The summed E-state index contributed by atoms with van der Waals surface area (Å²) in [4.78, 5) is 27.4. The van der Waals surface area contributed by atoms with Crippen molar-refractivity contribution in [3.63, 3.8) is 0 Å². The van der Waals surface area contributed by atoms with Gasteiger partial charge < -0.3 is 20.3 Å². The second-order valence-corrected chi connectivity index (χ2v) is 8.49. The highest BCUT2D eigenvalue weighted by molar-refractivity contribution is 14.1. The Kier molecular flexibility index (Phi) is 8.20. The highest BCUT2D eigenvalue weighted by Gasteiger charge is 2.27. The average Bonchev–Trinajstić information content (AvgIpc) is 2.99. The van der Waals surface area contributed by atoms with Crippen LogP contribution in [0.2, 0.25) is 0 Å². The molecule has 0 saturated heterocycles. The fourth-order valence-electron chi connectivity index (χ4n) is 2.61. The van der Waals surface area contributed by atoms with Gasteiger partial charge in [-0.15, -0.1) is 11.3 Å². The molecule has 1 aromatic carbocycles. The van der Waals surface area contributed by atoms with Crippen molar-refractivity contribution in [1.82, 2.24) is 4.90 Å². The summed E-state index contributed by atoms with van der Waals surface area (Å²) < 4.78 is 6.03. The molecule has 9 heteroatoms. The molecule has 150 valence electrons. The van der Waals surface area contributed by atoms with Crippen LogP contribution in [0.4, 0.5) is 10.7 Å². The summed E-state index contributed by atoms with van der Waals surface area (Å²) in [5.41, 5.74) is 1.74. The molecule has 1 heterocycles. The first-order chi connectivity index (χ1) is 13.3. The van der Waals surface area contributed by atoms with E-state index >= 15 is 0 Å². The van der Waals surface area contributed by atoms with Gasteiger partial charge in [0.25, 0.3) is 5.91 Å². The summed E-state index contributed by atoms with van der Waals surface area (Å²) in [5, 5.41) is 6.94. The van der Waals surface area contributed by atoms with Crippen molar-refractivity contribution < 1.29 is 14.3 Å². The molecule has 0 aliphatic rings. The van der Waals surface area contributed by atoms with Crippen molar-refractivity contribution in [2.75, 3.05) is 30.8 Å². The van der Waals surface area contributed by atoms with E-state index in [1.807, 2.05) is 38.1 Å². The number of hydrogen-bond acceptors (Lipinski definition) is 5. The molecular formula is C19H22IN3O3S2. The van der Waals surface area contributed by atoms with Crippen LogP contribution in [0, 0.1) is 10.5 Å². The maximum absolute atomic E-state index is 12.8. The van der Waals surface area contributed by atoms with E-state index in [1.165, 1.54) is 18.4 Å². The van der Waals surface area contributed by atoms with Gasteiger partial charge >= 0.3 is 5.97 Å². The number of rotatable bonds is 6. The maximum atomic E-state index is 12.8. The van der Waals surface area contributed by atoms with Crippen molar-refractivity contribution in [2.24, 2.45) is 0 Å². The molecule has 0 unspecified atom stereocenters. The number of thiocarbonyl (C=S) groups is 1. The third kappa shape index (κ3) is 5.21. The third-order valence-corrected chi connectivity index (χ3v) is 6.23. The lowest BCUT2D eigenvalue weighted by Crippen LogP contribution is -2.30. The van der Waals surface area contributed by atoms with Crippen LogP contribution < -0.4 is 10.6 Å². The smallest absolute Gasteiger partial charge is 0.341 e. The summed E-state index contributed by atoms with van der Waals surface area (Å²) >= 11 is 8.82. The number of ether oxygens (including phenoxy) is 1. The van der Waals surface area contributed by atoms with Gasteiger partial charge in [-0.3, -0.25) is 4.79 Å². The summed E-state index contributed by atoms with van der Waals surface area (Å²) in [6, 6.07) is 7.74. The number of nitrogens with one attached hydrogen (secondary N) is 2. The van der Waals surface area contributed by atoms with Crippen LogP contribution >= 0.6 is 46.1 Å². The predicted molar refractivity (Wildman–Crippen MR) is 127 cm³/mol. The Labute approximate surface area is 187 Å². The molecular weight excluding hydrogens is 509 g/mol.